The van der Waals surface area contributed by atoms with Crippen molar-refractivity contribution < 1.29 is 4.79 Å². The molecule has 4 rings (SSSR count). The van der Waals surface area contributed by atoms with Crippen LogP contribution in [0.5, 0.6) is 0 Å². The molecule has 0 bridgehead atoms. The maximum Gasteiger partial charge on any atom is 0.227 e. The quantitative estimate of drug-likeness (QED) is 0.695. The number of benzene rings is 2. The number of hydrogen-bond donors (Lipinski definition) is 1. The largest absolute Gasteiger partial charge is 0.358 e. The molecule has 3 nitrogen and oxygen atoms in total. The summed E-state index contributed by atoms with van der Waals surface area (Å²) in [5.74, 6) is 0.181. The molecule has 1 heterocycles. The van der Waals surface area contributed by atoms with Gasteiger partial charge in [-0.05, 0) is 42.5 Å². The first kappa shape index (κ1) is 16.4. The van der Waals surface area contributed by atoms with Crippen LogP contribution in [0.25, 0.3) is 10.9 Å². The maximum atomic E-state index is 12.8. The fourth-order valence-corrected chi connectivity index (χ4v) is 4.24. The number of halogens is 1. The Bertz CT molecular complexity index is 931. The lowest BCUT2D eigenvalue weighted by Crippen LogP contribution is -2.41. The van der Waals surface area contributed by atoms with Gasteiger partial charge in [0.1, 0.15) is 0 Å². The molecule has 1 aliphatic carbocycles. The van der Waals surface area contributed by atoms with Gasteiger partial charge in [0.05, 0.1) is 6.42 Å². The van der Waals surface area contributed by atoms with Crippen molar-refractivity contribution in [2.24, 2.45) is 0 Å². The summed E-state index contributed by atoms with van der Waals surface area (Å²) in [5.41, 5.74) is 4.97. The van der Waals surface area contributed by atoms with Gasteiger partial charge in [0, 0.05) is 34.2 Å². The maximum absolute atomic E-state index is 12.8. The Balaban J connectivity index is 1.52. The predicted molar refractivity (Wildman–Crippen MR) is 105 cm³/mol. The zero-order chi connectivity index (χ0) is 17.4. The van der Waals surface area contributed by atoms with Crippen LogP contribution in [-0.2, 0) is 24.1 Å². The summed E-state index contributed by atoms with van der Waals surface area (Å²) in [6, 6.07) is 16.7. The molecule has 0 saturated carbocycles. The van der Waals surface area contributed by atoms with E-state index in [4.69, 9.17) is 0 Å². The highest BCUT2D eigenvalue weighted by Crippen LogP contribution is 2.31. The SMILES string of the molecule is CN(C(=O)Cc1ccccc1Br)C1CCc2[nH]c3ccccc3c2C1. The van der Waals surface area contributed by atoms with Crippen molar-refractivity contribution in [3.05, 3.63) is 69.8 Å². The number of aryl methyl sites for hydroxylation is 1. The van der Waals surface area contributed by atoms with E-state index >= 15 is 0 Å². The van der Waals surface area contributed by atoms with Crippen LogP contribution in [0.3, 0.4) is 0 Å². The second-order valence-corrected chi connectivity index (χ2v) is 7.65. The van der Waals surface area contributed by atoms with Crippen molar-refractivity contribution in [1.82, 2.24) is 9.88 Å². The molecule has 0 saturated heterocycles. The van der Waals surface area contributed by atoms with Gasteiger partial charge < -0.3 is 9.88 Å². The molecule has 0 aliphatic heterocycles. The summed E-state index contributed by atoms with van der Waals surface area (Å²) >= 11 is 3.54. The van der Waals surface area contributed by atoms with Crippen LogP contribution >= 0.6 is 15.9 Å². The van der Waals surface area contributed by atoms with Gasteiger partial charge in [-0.3, -0.25) is 4.79 Å². The minimum Gasteiger partial charge on any atom is -0.358 e. The molecule has 1 aromatic heterocycles. The molecular weight excluding hydrogens is 376 g/mol. The Morgan fingerprint density at radius 1 is 1.20 bits per heavy atom. The van der Waals surface area contributed by atoms with E-state index in [0.717, 1.165) is 29.3 Å². The fraction of sp³-hybridized carbons (Fsp3) is 0.286. The number of fused-ring (bicyclic) bond motifs is 3. The number of para-hydroxylation sites is 1. The first-order chi connectivity index (χ1) is 12.1. The van der Waals surface area contributed by atoms with E-state index < -0.39 is 0 Å². The van der Waals surface area contributed by atoms with Gasteiger partial charge in [0.15, 0.2) is 0 Å². The fourth-order valence-electron chi connectivity index (χ4n) is 3.81. The Hall–Kier alpha value is -2.07. The average molecular weight is 397 g/mol. The van der Waals surface area contributed by atoms with Crippen molar-refractivity contribution in [3.8, 4) is 0 Å². The molecule has 4 heteroatoms. The molecule has 2 aromatic carbocycles. The number of likely N-dealkylation sites (N-methyl/N-ethyl adjacent to an activating group) is 1. The van der Waals surface area contributed by atoms with E-state index in [1.165, 1.54) is 22.2 Å². The lowest BCUT2D eigenvalue weighted by molar-refractivity contribution is -0.131. The zero-order valence-corrected chi connectivity index (χ0v) is 15.8. The normalized spacial score (nSPS) is 16.6. The molecule has 1 unspecified atom stereocenters. The first-order valence-corrected chi connectivity index (χ1v) is 9.50. The average Bonchev–Trinajstić information content (AvgIpc) is 3.01. The lowest BCUT2D eigenvalue weighted by Gasteiger charge is -2.31. The molecule has 1 N–H and O–H groups in total. The standard InChI is InChI=1S/C21H21BrN2O/c1-24(21(25)12-14-6-2-4-8-18(14)22)15-10-11-20-17(13-15)16-7-3-5-9-19(16)23-20/h2-9,15,23H,10-13H2,1H3. The molecule has 128 valence electrons. The van der Waals surface area contributed by atoms with Gasteiger partial charge in [-0.1, -0.05) is 52.3 Å². The highest BCUT2D eigenvalue weighted by atomic mass is 79.9. The Labute approximate surface area is 156 Å². The summed E-state index contributed by atoms with van der Waals surface area (Å²) in [6.45, 7) is 0. The van der Waals surface area contributed by atoms with Gasteiger partial charge in [-0.15, -0.1) is 0 Å². The van der Waals surface area contributed by atoms with Crippen molar-refractivity contribution in [2.45, 2.75) is 31.7 Å². The third kappa shape index (κ3) is 3.11. The van der Waals surface area contributed by atoms with Gasteiger partial charge in [0.2, 0.25) is 5.91 Å². The van der Waals surface area contributed by atoms with Gasteiger partial charge in [0.25, 0.3) is 0 Å². The van der Waals surface area contributed by atoms with Crippen LogP contribution in [-0.4, -0.2) is 28.9 Å². The predicted octanol–water partition coefficient (Wildman–Crippen LogP) is 4.49. The van der Waals surface area contributed by atoms with Crippen molar-refractivity contribution in [2.75, 3.05) is 7.05 Å². The third-order valence-electron chi connectivity index (χ3n) is 5.31. The summed E-state index contributed by atoms with van der Waals surface area (Å²) < 4.78 is 0.999. The van der Waals surface area contributed by atoms with E-state index in [0.29, 0.717) is 6.42 Å². The van der Waals surface area contributed by atoms with Crippen LogP contribution in [0.15, 0.2) is 53.0 Å². The molecule has 0 fully saturated rings. The van der Waals surface area contributed by atoms with Crippen molar-refractivity contribution in [3.63, 3.8) is 0 Å². The number of carbonyl (C=O) groups excluding carboxylic acids is 1. The van der Waals surface area contributed by atoms with Crippen molar-refractivity contribution >= 4 is 32.7 Å². The van der Waals surface area contributed by atoms with Crippen molar-refractivity contribution in [1.29, 1.82) is 0 Å². The van der Waals surface area contributed by atoms with E-state index in [-0.39, 0.29) is 11.9 Å². The molecule has 0 spiro atoms. The Morgan fingerprint density at radius 2 is 1.96 bits per heavy atom. The molecule has 25 heavy (non-hydrogen) atoms. The molecule has 1 aliphatic rings. The first-order valence-electron chi connectivity index (χ1n) is 8.71. The monoisotopic (exact) mass is 396 g/mol. The van der Waals surface area contributed by atoms with Crippen LogP contribution in [0.1, 0.15) is 23.2 Å². The number of rotatable bonds is 3. The van der Waals surface area contributed by atoms with Gasteiger partial charge in [-0.25, -0.2) is 0 Å². The van der Waals surface area contributed by atoms with Crippen LogP contribution in [0, 0.1) is 0 Å². The minimum atomic E-state index is 0.181. The number of aromatic nitrogens is 1. The van der Waals surface area contributed by atoms with E-state index in [2.05, 4.69) is 45.2 Å². The molecular formula is C21H21BrN2O. The number of aromatic amines is 1. The second-order valence-electron chi connectivity index (χ2n) is 6.80. The molecule has 1 amide bonds. The number of nitrogens with zero attached hydrogens (tertiary/aromatic N) is 1. The Kier molecular flexibility index (Phi) is 4.38. The number of amides is 1. The number of carbonyl (C=O) groups is 1. The molecule has 1 atom stereocenters. The summed E-state index contributed by atoms with van der Waals surface area (Å²) in [6.07, 6.45) is 3.38. The number of H-pyrrole nitrogens is 1. The third-order valence-corrected chi connectivity index (χ3v) is 6.08. The van der Waals surface area contributed by atoms with E-state index in [9.17, 15) is 4.79 Å². The summed E-state index contributed by atoms with van der Waals surface area (Å²) in [5, 5.41) is 1.30. The van der Waals surface area contributed by atoms with Crippen LogP contribution < -0.4 is 0 Å². The van der Waals surface area contributed by atoms with E-state index in [1.54, 1.807) is 0 Å². The zero-order valence-electron chi connectivity index (χ0n) is 14.3. The Morgan fingerprint density at radius 3 is 2.80 bits per heavy atom. The van der Waals surface area contributed by atoms with Gasteiger partial charge >= 0.3 is 0 Å². The molecule has 3 aromatic rings. The minimum absolute atomic E-state index is 0.181. The smallest absolute Gasteiger partial charge is 0.227 e. The van der Waals surface area contributed by atoms with E-state index in [1.807, 2.05) is 36.2 Å². The summed E-state index contributed by atoms with van der Waals surface area (Å²) in [4.78, 5) is 18.3. The highest BCUT2D eigenvalue weighted by Gasteiger charge is 2.27. The number of hydrogen-bond acceptors (Lipinski definition) is 1. The molecule has 0 radical (unpaired) electrons. The lowest BCUT2D eigenvalue weighted by atomic mass is 9.90. The highest BCUT2D eigenvalue weighted by molar-refractivity contribution is 9.10. The number of nitrogens with one attached hydrogen (secondary N) is 1. The second kappa shape index (κ2) is 6.68. The van der Waals surface area contributed by atoms with Crippen LogP contribution in [0.4, 0.5) is 0 Å². The summed E-state index contributed by atoms with van der Waals surface area (Å²) in [7, 11) is 1.95. The van der Waals surface area contributed by atoms with Crippen LogP contribution in [0.2, 0.25) is 0 Å². The van der Waals surface area contributed by atoms with Gasteiger partial charge in [-0.2, -0.15) is 0 Å². The topological polar surface area (TPSA) is 36.1 Å².